The predicted molar refractivity (Wildman–Crippen MR) is 57.8 cm³/mol. The molecular formula is C12H11FN2O. The van der Waals surface area contributed by atoms with Crippen LogP contribution >= 0.6 is 0 Å². The standard InChI is InChI=1S/C12H11FN2O/c1-8-9(4-3-5-10(8)13)12(16)11-6-15(2)7-14-11/h3-7H,1-2H3. The van der Waals surface area contributed by atoms with Crippen LogP contribution in [0, 0.1) is 12.7 Å². The predicted octanol–water partition coefficient (Wildman–Crippen LogP) is 2.10. The van der Waals surface area contributed by atoms with E-state index in [-0.39, 0.29) is 11.6 Å². The van der Waals surface area contributed by atoms with Crippen molar-refractivity contribution in [3.8, 4) is 0 Å². The molecule has 2 rings (SSSR count). The first-order valence-corrected chi connectivity index (χ1v) is 4.87. The number of hydrogen-bond donors (Lipinski definition) is 0. The van der Waals surface area contributed by atoms with Crippen LogP contribution in [0.4, 0.5) is 4.39 Å². The van der Waals surface area contributed by atoms with Crippen molar-refractivity contribution in [2.24, 2.45) is 7.05 Å². The maximum Gasteiger partial charge on any atom is 0.213 e. The fourth-order valence-electron chi connectivity index (χ4n) is 1.52. The molecule has 0 unspecified atom stereocenters. The van der Waals surface area contributed by atoms with E-state index in [1.54, 1.807) is 37.1 Å². The molecule has 0 radical (unpaired) electrons. The summed E-state index contributed by atoms with van der Waals surface area (Å²) in [4.78, 5) is 15.9. The minimum absolute atomic E-state index is 0.252. The molecule has 0 saturated carbocycles. The van der Waals surface area contributed by atoms with Gasteiger partial charge in [-0.25, -0.2) is 9.37 Å². The van der Waals surface area contributed by atoms with Crippen LogP contribution in [0.25, 0.3) is 0 Å². The summed E-state index contributed by atoms with van der Waals surface area (Å²) in [5.41, 5.74) is 1.05. The van der Waals surface area contributed by atoms with Gasteiger partial charge in [-0.05, 0) is 18.6 Å². The molecule has 2 aromatic rings. The first-order valence-electron chi connectivity index (χ1n) is 4.87. The smallest absolute Gasteiger partial charge is 0.213 e. The maximum absolute atomic E-state index is 13.3. The Bertz CT molecular complexity index is 546. The molecule has 16 heavy (non-hydrogen) atoms. The van der Waals surface area contributed by atoms with Crippen molar-refractivity contribution in [3.05, 3.63) is 53.4 Å². The lowest BCUT2D eigenvalue weighted by Crippen LogP contribution is -2.05. The Morgan fingerprint density at radius 2 is 2.19 bits per heavy atom. The Hall–Kier alpha value is -1.97. The van der Waals surface area contributed by atoms with Crippen molar-refractivity contribution in [2.45, 2.75) is 6.92 Å². The van der Waals surface area contributed by atoms with E-state index in [1.165, 1.54) is 12.1 Å². The molecule has 0 atom stereocenters. The van der Waals surface area contributed by atoms with Crippen molar-refractivity contribution in [3.63, 3.8) is 0 Å². The second-order valence-electron chi connectivity index (χ2n) is 3.67. The topological polar surface area (TPSA) is 34.9 Å². The zero-order valence-corrected chi connectivity index (χ0v) is 9.07. The second kappa shape index (κ2) is 3.89. The molecule has 0 aliphatic carbocycles. The molecule has 0 spiro atoms. The number of aryl methyl sites for hydroxylation is 1. The van der Waals surface area contributed by atoms with Gasteiger partial charge in [-0.2, -0.15) is 0 Å². The van der Waals surface area contributed by atoms with E-state index in [1.807, 2.05) is 0 Å². The highest BCUT2D eigenvalue weighted by Crippen LogP contribution is 2.15. The number of benzene rings is 1. The molecule has 1 aromatic heterocycles. The van der Waals surface area contributed by atoms with E-state index < -0.39 is 0 Å². The fraction of sp³-hybridized carbons (Fsp3) is 0.167. The van der Waals surface area contributed by atoms with Crippen molar-refractivity contribution in [1.29, 1.82) is 0 Å². The summed E-state index contributed by atoms with van der Waals surface area (Å²) in [7, 11) is 1.78. The van der Waals surface area contributed by atoms with Crippen LogP contribution in [-0.2, 0) is 7.05 Å². The number of rotatable bonds is 2. The van der Waals surface area contributed by atoms with Gasteiger partial charge < -0.3 is 4.57 Å². The summed E-state index contributed by atoms with van der Waals surface area (Å²) in [5.74, 6) is -0.626. The van der Waals surface area contributed by atoms with Crippen LogP contribution in [0.1, 0.15) is 21.6 Å². The Morgan fingerprint density at radius 3 is 2.81 bits per heavy atom. The average molecular weight is 218 g/mol. The summed E-state index contributed by atoms with van der Waals surface area (Å²) in [6.07, 6.45) is 3.16. The minimum atomic E-state index is -0.373. The molecule has 1 aromatic carbocycles. The van der Waals surface area contributed by atoms with Crippen LogP contribution in [0.3, 0.4) is 0 Å². The SMILES string of the molecule is Cc1c(F)cccc1C(=O)c1cn(C)cn1. The minimum Gasteiger partial charge on any atom is -0.340 e. The first-order chi connectivity index (χ1) is 7.59. The van der Waals surface area contributed by atoms with E-state index in [9.17, 15) is 9.18 Å². The van der Waals surface area contributed by atoms with Crippen molar-refractivity contribution in [2.75, 3.05) is 0 Å². The van der Waals surface area contributed by atoms with Crippen LogP contribution in [0.5, 0.6) is 0 Å². The first kappa shape index (κ1) is 10.5. The van der Waals surface area contributed by atoms with Crippen LogP contribution < -0.4 is 0 Å². The molecule has 0 bridgehead atoms. The number of aromatic nitrogens is 2. The van der Waals surface area contributed by atoms with Crippen LogP contribution in [0.2, 0.25) is 0 Å². The number of hydrogen-bond acceptors (Lipinski definition) is 2. The number of nitrogens with zero attached hydrogens (tertiary/aromatic N) is 2. The van der Waals surface area contributed by atoms with Crippen LogP contribution in [0.15, 0.2) is 30.7 Å². The Labute approximate surface area is 92.5 Å². The normalized spacial score (nSPS) is 10.4. The summed E-state index contributed by atoms with van der Waals surface area (Å²) in [6, 6.07) is 4.47. The molecule has 82 valence electrons. The number of imidazole rings is 1. The lowest BCUT2D eigenvalue weighted by molar-refractivity contribution is 0.103. The third-order valence-electron chi connectivity index (χ3n) is 2.45. The highest BCUT2D eigenvalue weighted by atomic mass is 19.1. The van der Waals surface area contributed by atoms with Gasteiger partial charge >= 0.3 is 0 Å². The summed E-state index contributed by atoms with van der Waals surface area (Å²) < 4.78 is 15.0. The van der Waals surface area contributed by atoms with Crippen LogP contribution in [-0.4, -0.2) is 15.3 Å². The molecule has 4 heteroatoms. The molecular weight excluding hydrogens is 207 g/mol. The lowest BCUT2D eigenvalue weighted by atomic mass is 10.0. The van der Waals surface area contributed by atoms with E-state index in [0.717, 1.165) is 0 Å². The number of ketones is 1. The molecule has 3 nitrogen and oxygen atoms in total. The van der Waals surface area contributed by atoms with Crippen molar-refractivity contribution >= 4 is 5.78 Å². The van der Waals surface area contributed by atoms with Gasteiger partial charge in [0.1, 0.15) is 11.5 Å². The molecule has 0 saturated heterocycles. The van der Waals surface area contributed by atoms with Gasteiger partial charge in [-0.15, -0.1) is 0 Å². The molecule has 0 amide bonds. The second-order valence-corrected chi connectivity index (χ2v) is 3.67. The lowest BCUT2D eigenvalue weighted by Gasteiger charge is -2.03. The number of halogens is 1. The van der Waals surface area contributed by atoms with Crippen molar-refractivity contribution < 1.29 is 9.18 Å². The zero-order chi connectivity index (χ0) is 11.7. The molecule has 1 heterocycles. The van der Waals surface area contributed by atoms with Gasteiger partial charge in [-0.1, -0.05) is 12.1 Å². The third kappa shape index (κ3) is 1.74. The van der Waals surface area contributed by atoms with Gasteiger partial charge in [0.05, 0.1) is 6.33 Å². The van der Waals surface area contributed by atoms with E-state index >= 15 is 0 Å². The van der Waals surface area contributed by atoms with Gasteiger partial charge in [-0.3, -0.25) is 4.79 Å². The van der Waals surface area contributed by atoms with Gasteiger partial charge in [0.15, 0.2) is 0 Å². The van der Waals surface area contributed by atoms with Gasteiger partial charge in [0.25, 0.3) is 0 Å². The van der Waals surface area contributed by atoms with E-state index in [4.69, 9.17) is 0 Å². The van der Waals surface area contributed by atoms with E-state index in [2.05, 4.69) is 4.98 Å². The summed E-state index contributed by atoms with van der Waals surface area (Å²) >= 11 is 0. The Kier molecular flexibility index (Phi) is 2.56. The Balaban J connectivity index is 2.45. The highest BCUT2D eigenvalue weighted by molar-refractivity contribution is 6.08. The maximum atomic E-state index is 13.3. The molecule has 0 fully saturated rings. The summed E-state index contributed by atoms with van der Waals surface area (Å²) in [5, 5.41) is 0. The van der Waals surface area contributed by atoms with Crippen molar-refractivity contribution in [1.82, 2.24) is 9.55 Å². The molecule has 0 N–H and O–H groups in total. The van der Waals surface area contributed by atoms with Gasteiger partial charge in [0, 0.05) is 18.8 Å². The number of carbonyl (C=O) groups is 1. The third-order valence-corrected chi connectivity index (χ3v) is 2.45. The Morgan fingerprint density at radius 1 is 1.44 bits per heavy atom. The quantitative estimate of drug-likeness (QED) is 0.723. The fourth-order valence-corrected chi connectivity index (χ4v) is 1.52. The number of carbonyl (C=O) groups excluding carboxylic acids is 1. The molecule has 0 aliphatic heterocycles. The molecule has 0 aliphatic rings. The zero-order valence-electron chi connectivity index (χ0n) is 9.07. The van der Waals surface area contributed by atoms with E-state index in [0.29, 0.717) is 16.8 Å². The highest BCUT2D eigenvalue weighted by Gasteiger charge is 2.15. The summed E-state index contributed by atoms with van der Waals surface area (Å²) in [6.45, 7) is 1.59. The largest absolute Gasteiger partial charge is 0.340 e. The van der Waals surface area contributed by atoms with Gasteiger partial charge in [0.2, 0.25) is 5.78 Å². The monoisotopic (exact) mass is 218 g/mol. The average Bonchev–Trinajstić information content (AvgIpc) is 2.68.